The van der Waals surface area contributed by atoms with Gasteiger partial charge in [0, 0.05) is 11.6 Å². The van der Waals surface area contributed by atoms with Gasteiger partial charge in [0.2, 0.25) is 11.8 Å². The van der Waals surface area contributed by atoms with E-state index in [4.69, 9.17) is 0 Å². The van der Waals surface area contributed by atoms with E-state index in [-0.39, 0.29) is 23.8 Å². The van der Waals surface area contributed by atoms with Gasteiger partial charge in [0.25, 0.3) is 0 Å². The summed E-state index contributed by atoms with van der Waals surface area (Å²) in [7, 11) is 0. The number of hydrogen-bond donors (Lipinski definition) is 2. The molecule has 0 spiro atoms. The summed E-state index contributed by atoms with van der Waals surface area (Å²) in [6, 6.07) is -0.374. The molecule has 2 amide bonds. The third-order valence-corrected chi connectivity index (χ3v) is 3.87. The summed E-state index contributed by atoms with van der Waals surface area (Å²) in [6.07, 6.45) is 4.60. The third kappa shape index (κ3) is 2.68. The maximum absolute atomic E-state index is 12.0. The van der Waals surface area contributed by atoms with E-state index >= 15 is 0 Å². The Bertz CT molecular complexity index is 351. The minimum Gasteiger partial charge on any atom is -0.344 e. The molecule has 1 aliphatic carbocycles. The second-order valence-electron chi connectivity index (χ2n) is 5.21. The zero-order valence-electron chi connectivity index (χ0n) is 10.3. The molecule has 1 saturated carbocycles. The number of hydrogen-bond acceptors (Lipinski definition) is 2. The van der Waals surface area contributed by atoms with Crippen LogP contribution in [0.4, 0.5) is 0 Å². The lowest BCUT2D eigenvalue weighted by atomic mass is 9.96. The van der Waals surface area contributed by atoms with E-state index in [2.05, 4.69) is 24.1 Å². The maximum atomic E-state index is 12.0. The summed E-state index contributed by atoms with van der Waals surface area (Å²) in [6.45, 7) is 5.83. The first kappa shape index (κ1) is 12.1. The van der Waals surface area contributed by atoms with Crippen molar-refractivity contribution in [2.24, 2.45) is 11.8 Å². The second-order valence-corrected chi connectivity index (χ2v) is 5.21. The fourth-order valence-corrected chi connectivity index (χ4v) is 2.72. The van der Waals surface area contributed by atoms with Crippen molar-refractivity contribution in [3.05, 3.63) is 12.3 Å². The topological polar surface area (TPSA) is 58.2 Å². The lowest BCUT2D eigenvalue weighted by Crippen LogP contribution is -2.50. The lowest BCUT2D eigenvalue weighted by Gasteiger charge is -2.26. The van der Waals surface area contributed by atoms with Crippen LogP contribution in [0.1, 0.15) is 39.0 Å². The zero-order valence-corrected chi connectivity index (χ0v) is 10.3. The van der Waals surface area contributed by atoms with Gasteiger partial charge < -0.3 is 10.6 Å². The quantitative estimate of drug-likeness (QED) is 0.760. The maximum Gasteiger partial charge on any atom is 0.246 e. The van der Waals surface area contributed by atoms with Crippen LogP contribution in [0.15, 0.2) is 12.3 Å². The molecule has 2 N–H and O–H groups in total. The number of carbonyl (C=O) groups excluding carboxylic acids is 2. The predicted octanol–water partition coefficient (Wildman–Crippen LogP) is 1.33. The van der Waals surface area contributed by atoms with Crippen molar-refractivity contribution in [2.45, 2.75) is 45.1 Å². The first-order valence-corrected chi connectivity index (χ1v) is 6.37. The second kappa shape index (κ2) is 4.90. The van der Waals surface area contributed by atoms with Gasteiger partial charge in [-0.25, -0.2) is 0 Å². The highest BCUT2D eigenvalue weighted by Crippen LogP contribution is 2.31. The molecule has 0 bridgehead atoms. The number of allylic oxidation sites excluding steroid dienone is 1. The monoisotopic (exact) mass is 236 g/mol. The number of amides is 2. The Balaban J connectivity index is 1.90. The Kier molecular flexibility index (Phi) is 3.50. The van der Waals surface area contributed by atoms with Gasteiger partial charge in [-0.15, -0.1) is 0 Å². The van der Waals surface area contributed by atoms with Crippen molar-refractivity contribution in [3.63, 3.8) is 0 Å². The van der Waals surface area contributed by atoms with Gasteiger partial charge in [0.15, 0.2) is 0 Å². The van der Waals surface area contributed by atoms with Gasteiger partial charge >= 0.3 is 0 Å². The molecule has 2 aliphatic rings. The van der Waals surface area contributed by atoms with E-state index in [0.717, 1.165) is 31.4 Å². The predicted molar refractivity (Wildman–Crippen MR) is 65.0 cm³/mol. The molecule has 3 atom stereocenters. The van der Waals surface area contributed by atoms with Crippen LogP contribution >= 0.6 is 0 Å². The Morgan fingerprint density at radius 3 is 2.76 bits per heavy atom. The minimum absolute atomic E-state index is 0.0441. The summed E-state index contributed by atoms with van der Waals surface area (Å²) in [5, 5.41) is 5.56. The fraction of sp³-hybridized carbons (Fsp3) is 0.692. The number of piperidine rings is 1. The summed E-state index contributed by atoms with van der Waals surface area (Å²) in [4.78, 5) is 23.7. The Hall–Kier alpha value is -1.32. The molecule has 3 unspecified atom stereocenters. The molecule has 0 radical (unpaired) electrons. The van der Waals surface area contributed by atoms with Crippen molar-refractivity contribution in [1.29, 1.82) is 0 Å². The van der Waals surface area contributed by atoms with E-state index in [1.54, 1.807) is 0 Å². The number of rotatable bonds is 2. The van der Waals surface area contributed by atoms with Crippen LogP contribution in [0, 0.1) is 11.8 Å². The first-order chi connectivity index (χ1) is 8.08. The molecule has 0 aromatic rings. The normalized spacial score (nSPS) is 33.4. The smallest absolute Gasteiger partial charge is 0.246 e. The first-order valence-electron chi connectivity index (χ1n) is 6.37. The molecule has 1 heterocycles. The molecule has 2 rings (SSSR count). The average molecular weight is 236 g/mol. The molecule has 1 aliphatic heterocycles. The molecular weight excluding hydrogens is 216 g/mol. The molecule has 17 heavy (non-hydrogen) atoms. The molecule has 94 valence electrons. The summed E-state index contributed by atoms with van der Waals surface area (Å²) in [5.74, 6) is 0.451. The highest BCUT2D eigenvalue weighted by atomic mass is 16.2. The third-order valence-electron chi connectivity index (χ3n) is 3.87. The average Bonchev–Trinajstić information content (AvgIpc) is 2.68. The van der Waals surface area contributed by atoms with E-state index < -0.39 is 0 Å². The van der Waals surface area contributed by atoms with Crippen LogP contribution < -0.4 is 10.6 Å². The molecule has 0 aromatic carbocycles. The van der Waals surface area contributed by atoms with Crippen molar-refractivity contribution < 1.29 is 9.59 Å². The van der Waals surface area contributed by atoms with Crippen LogP contribution in [-0.2, 0) is 9.59 Å². The summed E-state index contributed by atoms with van der Waals surface area (Å²) >= 11 is 0. The summed E-state index contributed by atoms with van der Waals surface area (Å²) < 4.78 is 0. The van der Waals surface area contributed by atoms with Gasteiger partial charge in [0.05, 0.1) is 0 Å². The minimum atomic E-state index is -0.374. The van der Waals surface area contributed by atoms with Crippen LogP contribution in [0.3, 0.4) is 0 Å². The van der Waals surface area contributed by atoms with Gasteiger partial charge in [0.1, 0.15) is 6.04 Å². The van der Waals surface area contributed by atoms with Gasteiger partial charge in [-0.1, -0.05) is 19.9 Å². The van der Waals surface area contributed by atoms with Crippen molar-refractivity contribution in [2.75, 3.05) is 0 Å². The largest absolute Gasteiger partial charge is 0.344 e. The Morgan fingerprint density at radius 2 is 2.18 bits per heavy atom. The van der Waals surface area contributed by atoms with Gasteiger partial charge in [-0.3, -0.25) is 9.59 Å². The lowest BCUT2D eigenvalue weighted by molar-refractivity contribution is -0.132. The zero-order chi connectivity index (χ0) is 12.4. The van der Waals surface area contributed by atoms with Crippen LogP contribution in [0.5, 0.6) is 0 Å². The Morgan fingerprint density at radius 1 is 1.41 bits per heavy atom. The molecule has 4 heteroatoms. The molecule has 2 fully saturated rings. The fourth-order valence-electron chi connectivity index (χ4n) is 2.72. The molecule has 0 aromatic heterocycles. The van der Waals surface area contributed by atoms with Gasteiger partial charge in [-0.2, -0.15) is 0 Å². The summed E-state index contributed by atoms with van der Waals surface area (Å²) in [5.41, 5.74) is 0.745. The van der Waals surface area contributed by atoms with Crippen LogP contribution in [0.25, 0.3) is 0 Å². The number of carbonyl (C=O) groups is 2. The van der Waals surface area contributed by atoms with Gasteiger partial charge in [-0.05, 0) is 31.6 Å². The molecular formula is C13H20N2O2. The van der Waals surface area contributed by atoms with Crippen molar-refractivity contribution >= 4 is 11.8 Å². The highest BCUT2D eigenvalue weighted by Gasteiger charge is 2.33. The standard InChI is InChI=1S/C13H20N2O2/c1-8-4-3-5-10(8)12(16)15-11-7-6-9(2)14-13(11)17/h8,10-11H,2-7H2,1H3,(H,14,17)(H,15,16). The SMILES string of the molecule is C=C1CCC(NC(=O)C2CCCC2C)C(=O)N1. The van der Waals surface area contributed by atoms with E-state index in [1.807, 2.05) is 0 Å². The van der Waals surface area contributed by atoms with Crippen LogP contribution in [-0.4, -0.2) is 17.9 Å². The van der Waals surface area contributed by atoms with Crippen molar-refractivity contribution in [3.8, 4) is 0 Å². The van der Waals surface area contributed by atoms with E-state index in [9.17, 15) is 9.59 Å². The highest BCUT2D eigenvalue weighted by molar-refractivity contribution is 5.90. The van der Waals surface area contributed by atoms with E-state index in [1.165, 1.54) is 0 Å². The number of nitrogens with one attached hydrogen (secondary N) is 2. The Labute approximate surface area is 102 Å². The van der Waals surface area contributed by atoms with E-state index in [0.29, 0.717) is 12.3 Å². The van der Waals surface area contributed by atoms with Crippen LogP contribution in [0.2, 0.25) is 0 Å². The molecule has 1 saturated heterocycles. The molecule has 4 nitrogen and oxygen atoms in total. The van der Waals surface area contributed by atoms with Crippen molar-refractivity contribution in [1.82, 2.24) is 10.6 Å².